The number of pyridine rings is 1. The average molecular weight is 387 g/mol. The highest BCUT2D eigenvalue weighted by atomic mass is 35.5. The number of nitrogens with two attached hydrogens (primary N) is 1. The number of halogens is 2. The normalized spacial score (nSPS) is 15.6. The van der Waals surface area contributed by atoms with Gasteiger partial charge in [-0.25, -0.2) is 4.98 Å². The van der Waals surface area contributed by atoms with Crippen LogP contribution in [-0.4, -0.2) is 43.1 Å². The number of nitrogen functional groups attached to an aromatic ring is 1. The van der Waals surface area contributed by atoms with Gasteiger partial charge in [0.25, 0.3) is 0 Å². The van der Waals surface area contributed by atoms with E-state index < -0.39 is 0 Å². The van der Waals surface area contributed by atoms with Crippen LogP contribution in [0, 0.1) is 0 Å². The van der Waals surface area contributed by atoms with Crippen LogP contribution in [0.2, 0.25) is 10.0 Å². The number of hydrogen-bond donors (Lipinski definition) is 1. The van der Waals surface area contributed by atoms with Gasteiger partial charge in [0.1, 0.15) is 5.82 Å². The van der Waals surface area contributed by atoms with Crippen LogP contribution in [0.15, 0.2) is 42.5 Å². The van der Waals surface area contributed by atoms with Crippen LogP contribution in [-0.2, 0) is 0 Å². The highest BCUT2D eigenvalue weighted by molar-refractivity contribution is 6.35. The molecule has 26 heavy (non-hydrogen) atoms. The second-order valence-corrected chi connectivity index (χ2v) is 7.62. The molecule has 1 aliphatic rings. The first kappa shape index (κ1) is 17.4. The van der Waals surface area contributed by atoms with Crippen molar-refractivity contribution < 1.29 is 0 Å². The number of rotatable bonds is 2. The molecule has 0 saturated carbocycles. The highest BCUT2D eigenvalue weighted by Gasteiger charge is 2.15. The Morgan fingerprint density at radius 3 is 2.31 bits per heavy atom. The van der Waals surface area contributed by atoms with Crippen LogP contribution in [0.25, 0.3) is 22.0 Å². The first-order valence-corrected chi connectivity index (χ1v) is 9.35. The number of piperazine rings is 1. The fraction of sp³-hybridized carbons (Fsp3) is 0.250. The van der Waals surface area contributed by atoms with Gasteiger partial charge in [0.15, 0.2) is 0 Å². The van der Waals surface area contributed by atoms with Crippen molar-refractivity contribution in [2.24, 2.45) is 0 Å². The topological polar surface area (TPSA) is 45.4 Å². The molecule has 2 N–H and O–H groups in total. The number of hydrogen-bond acceptors (Lipinski definition) is 4. The molecular formula is C20H20Cl2N4. The van der Waals surface area contributed by atoms with E-state index in [1.165, 1.54) is 5.69 Å². The predicted molar refractivity (Wildman–Crippen MR) is 111 cm³/mol. The van der Waals surface area contributed by atoms with Crippen LogP contribution >= 0.6 is 23.2 Å². The summed E-state index contributed by atoms with van der Waals surface area (Å²) in [5, 5.41) is 2.21. The maximum absolute atomic E-state index is 6.25. The summed E-state index contributed by atoms with van der Waals surface area (Å²) in [5.41, 5.74) is 10.1. The summed E-state index contributed by atoms with van der Waals surface area (Å²) in [6.07, 6.45) is 0. The molecule has 0 atom stereocenters. The zero-order chi connectivity index (χ0) is 18.3. The molecule has 4 rings (SSSR count). The summed E-state index contributed by atoms with van der Waals surface area (Å²) in [5.74, 6) is 0.478. The summed E-state index contributed by atoms with van der Waals surface area (Å²) in [7, 11) is 2.16. The number of nitrogens with zero attached hydrogens (tertiary/aromatic N) is 3. The molecule has 0 unspecified atom stereocenters. The number of benzene rings is 2. The summed E-state index contributed by atoms with van der Waals surface area (Å²) in [6, 6.07) is 13.8. The minimum atomic E-state index is 0.478. The Morgan fingerprint density at radius 1 is 0.923 bits per heavy atom. The Morgan fingerprint density at radius 2 is 1.62 bits per heavy atom. The quantitative estimate of drug-likeness (QED) is 0.701. The summed E-state index contributed by atoms with van der Waals surface area (Å²) >= 11 is 12.3. The smallest absolute Gasteiger partial charge is 0.132 e. The molecule has 0 amide bonds. The zero-order valence-electron chi connectivity index (χ0n) is 14.5. The van der Waals surface area contributed by atoms with E-state index in [0.29, 0.717) is 15.9 Å². The van der Waals surface area contributed by atoms with Gasteiger partial charge in [0, 0.05) is 52.9 Å². The molecule has 1 aliphatic heterocycles. The van der Waals surface area contributed by atoms with E-state index in [-0.39, 0.29) is 0 Å². The van der Waals surface area contributed by atoms with Crippen LogP contribution < -0.4 is 10.6 Å². The molecular weight excluding hydrogens is 367 g/mol. The number of likely N-dealkylation sites (N-methyl/N-ethyl adjacent to an activating group) is 1. The maximum Gasteiger partial charge on any atom is 0.132 e. The lowest BCUT2D eigenvalue weighted by Crippen LogP contribution is -2.44. The summed E-state index contributed by atoms with van der Waals surface area (Å²) in [6.45, 7) is 4.19. The zero-order valence-corrected chi connectivity index (χ0v) is 16.1. The number of aromatic nitrogens is 1. The van der Waals surface area contributed by atoms with Crippen molar-refractivity contribution in [1.29, 1.82) is 0 Å². The lowest BCUT2D eigenvalue weighted by atomic mass is 10.0. The van der Waals surface area contributed by atoms with Gasteiger partial charge in [-0.1, -0.05) is 29.3 Å². The molecule has 0 aliphatic carbocycles. The van der Waals surface area contributed by atoms with Crippen molar-refractivity contribution in [3.8, 4) is 11.1 Å². The second kappa shape index (κ2) is 6.95. The van der Waals surface area contributed by atoms with E-state index in [1.807, 2.05) is 18.2 Å². The van der Waals surface area contributed by atoms with Crippen molar-refractivity contribution in [2.45, 2.75) is 0 Å². The van der Waals surface area contributed by atoms with Gasteiger partial charge < -0.3 is 15.5 Å². The van der Waals surface area contributed by atoms with Crippen LogP contribution in [0.5, 0.6) is 0 Å². The van der Waals surface area contributed by atoms with E-state index in [2.05, 4.69) is 40.0 Å². The third kappa shape index (κ3) is 3.45. The average Bonchev–Trinajstić information content (AvgIpc) is 2.60. The molecule has 0 radical (unpaired) electrons. The Labute approximate surface area is 163 Å². The highest BCUT2D eigenvalue weighted by Crippen LogP contribution is 2.33. The van der Waals surface area contributed by atoms with Crippen molar-refractivity contribution in [3.05, 3.63) is 52.5 Å². The number of fused-ring (bicyclic) bond motifs is 1. The Balaban J connectivity index is 1.73. The number of anilines is 2. The molecule has 2 aromatic carbocycles. The lowest BCUT2D eigenvalue weighted by Gasteiger charge is -2.34. The Bertz CT molecular complexity index is 945. The van der Waals surface area contributed by atoms with Crippen molar-refractivity contribution >= 4 is 45.6 Å². The second-order valence-electron chi connectivity index (χ2n) is 6.75. The van der Waals surface area contributed by atoms with Gasteiger partial charge in [0.2, 0.25) is 0 Å². The van der Waals surface area contributed by atoms with Crippen LogP contribution in [0.3, 0.4) is 0 Å². The standard InChI is InChI=1S/C20H20Cl2N4/c1-25-4-6-26(7-5-25)17-3-2-13-10-18(20(23)24-19(13)12-17)14-8-15(21)11-16(22)9-14/h2-3,8-12H,4-7H2,1H3,(H2,23,24). The molecule has 0 spiro atoms. The van der Waals surface area contributed by atoms with Crippen LogP contribution in [0.4, 0.5) is 11.5 Å². The largest absolute Gasteiger partial charge is 0.383 e. The predicted octanol–water partition coefficient (Wildman–Crippen LogP) is 4.54. The molecule has 1 saturated heterocycles. The van der Waals surface area contributed by atoms with E-state index in [9.17, 15) is 0 Å². The molecule has 3 aromatic rings. The van der Waals surface area contributed by atoms with Gasteiger partial charge in [-0.2, -0.15) is 0 Å². The van der Waals surface area contributed by atoms with Gasteiger partial charge >= 0.3 is 0 Å². The molecule has 1 aromatic heterocycles. The minimum Gasteiger partial charge on any atom is -0.383 e. The first-order valence-electron chi connectivity index (χ1n) is 8.60. The monoisotopic (exact) mass is 386 g/mol. The fourth-order valence-electron chi connectivity index (χ4n) is 3.37. The van der Waals surface area contributed by atoms with E-state index >= 15 is 0 Å². The molecule has 1 fully saturated rings. The molecule has 134 valence electrons. The Hall–Kier alpha value is -2.01. The first-order chi connectivity index (χ1) is 12.5. The Kier molecular flexibility index (Phi) is 4.65. The van der Waals surface area contributed by atoms with E-state index in [4.69, 9.17) is 28.9 Å². The third-order valence-electron chi connectivity index (χ3n) is 4.87. The van der Waals surface area contributed by atoms with Crippen LogP contribution in [0.1, 0.15) is 0 Å². The van der Waals surface area contributed by atoms with Gasteiger partial charge in [0.05, 0.1) is 5.52 Å². The van der Waals surface area contributed by atoms with E-state index in [0.717, 1.165) is 48.2 Å². The molecule has 0 bridgehead atoms. The fourth-order valence-corrected chi connectivity index (χ4v) is 3.90. The molecule has 4 nitrogen and oxygen atoms in total. The van der Waals surface area contributed by atoms with Gasteiger partial charge in [-0.3, -0.25) is 0 Å². The molecule has 6 heteroatoms. The van der Waals surface area contributed by atoms with Gasteiger partial charge in [-0.15, -0.1) is 0 Å². The lowest BCUT2D eigenvalue weighted by molar-refractivity contribution is 0.313. The summed E-state index contributed by atoms with van der Waals surface area (Å²) in [4.78, 5) is 9.37. The maximum atomic E-state index is 6.25. The molecule has 2 heterocycles. The van der Waals surface area contributed by atoms with Crippen molar-refractivity contribution in [3.63, 3.8) is 0 Å². The SMILES string of the molecule is CN1CCN(c2ccc3cc(-c4cc(Cl)cc(Cl)c4)c(N)nc3c2)CC1. The summed E-state index contributed by atoms with van der Waals surface area (Å²) < 4.78 is 0. The van der Waals surface area contributed by atoms with Crippen molar-refractivity contribution in [1.82, 2.24) is 9.88 Å². The minimum absolute atomic E-state index is 0.478. The van der Waals surface area contributed by atoms with E-state index in [1.54, 1.807) is 6.07 Å². The third-order valence-corrected chi connectivity index (χ3v) is 5.31. The van der Waals surface area contributed by atoms with Gasteiger partial charge in [-0.05, 0) is 49.0 Å². The van der Waals surface area contributed by atoms with Crippen molar-refractivity contribution in [2.75, 3.05) is 43.9 Å².